The van der Waals surface area contributed by atoms with E-state index >= 15 is 0 Å². The van der Waals surface area contributed by atoms with Crippen LogP contribution in [0, 0.1) is 0 Å². The summed E-state index contributed by atoms with van der Waals surface area (Å²) in [5.41, 5.74) is 1.90. The highest BCUT2D eigenvalue weighted by molar-refractivity contribution is 7.89. The maximum Gasteiger partial charge on any atom is 0.249 e. The predicted molar refractivity (Wildman–Crippen MR) is 113 cm³/mol. The molecule has 0 atom stereocenters. The van der Waals surface area contributed by atoms with E-state index in [4.69, 9.17) is 0 Å². The molecule has 0 spiro atoms. The average molecular weight is 412 g/mol. The topological polar surface area (TPSA) is 60.9 Å². The normalized spacial score (nSPS) is 18.4. The number of hydrogen-bond acceptors (Lipinski definition) is 4. The molecular weight excluding hydrogens is 386 g/mol. The number of rotatable bonds is 4. The van der Waals surface area contributed by atoms with Crippen LogP contribution in [0.5, 0.6) is 0 Å². The first-order valence-corrected chi connectivity index (χ1v) is 11.3. The van der Waals surface area contributed by atoms with Crippen LogP contribution < -0.4 is 4.90 Å². The van der Waals surface area contributed by atoms with Crippen LogP contribution in [0.1, 0.15) is 6.42 Å². The first kappa shape index (κ1) is 19.7. The monoisotopic (exact) mass is 411 g/mol. The lowest BCUT2D eigenvalue weighted by Crippen LogP contribution is -2.49. The number of para-hydroxylation sites is 1. The molecule has 7 heteroatoms. The summed E-state index contributed by atoms with van der Waals surface area (Å²) in [4.78, 5) is 17.4. The molecule has 0 N–H and O–H groups in total. The van der Waals surface area contributed by atoms with Crippen molar-refractivity contribution in [1.29, 1.82) is 0 Å². The fraction of sp³-hybridized carbons (Fsp3) is 0.318. The van der Waals surface area contributed by atoms with E-state index in [9.17, 15) is 13.2 Å². The summed E-state index contributed by atoms with van der Waals surface area (Å²) in [7, 11) is -3.52. The standard InChI is InChI=1S/C22H25N3O3S/c26-22(24-17-15-23(16-18-24)20-7-3-1-4-8-20)19-11-13-25(14-12-19)29(27,28)21-9-5-2-6-10-21/h1-11H,12-18H2. The van der Waals surface area contributed by atoms with Gasteiger partial charge in [0.2, 0.25) is 15.9 Å². The van der Waals surface area contributed by atoms with Gasteiger partial charge in [-0.3, -0.25) is 4.79 Å². The minimum atomic E-state index is -3.52. The number of hydrogen-bond donors (Lipinski definition) is 0. The van der Waals surface area contributed by atoms with Gasteiger partial charge in [-0.2, -0.15) is 4.31 Å². The second-order valence-electron chi connectivity index (χ2n) is 7.27. The highest BCUT2D eigenvalue weighted by Gasteiger charge is 2.30. The van der Waals surface area contributed by atoms with Crippen LogP contribution in [0.3, 0.4) is 0 Å². The molecule has 2 heterocycles. The van der Waals surface area contributed by atoms with Crippen molar-refractivity contribution in [2.75, 3.05) is 44.2 Å². The second-order valence-corrected chi connectivity index (χ2v) is 9.21. The third kappa shape index (κ3) is 4.21. The first-order chi connectivity index (χ1) is 14.1. The Labute approximate surface area is 172 Å². The van der Waals surface area contributed by atoms with Crippen LogP contribution in [-0.2, 0) is 14.8 Å². The summed E-state index contributed by atoms with van der Waals surface area (Å²) >= 11 is 0. The van der Waals surface area contributed by atoms with Crippen LogP contribution in [0.4, 0.5) is 5.69 Å². The summed E-state index contributed by atoms with van der Waals surface area (Å²) in [6.45, 7) is 3.53. The van der Waals surface area contributed by atoms with Crippen molar-refractivity contribution in [1.82, 2.24) is 9.21 Å². The molecule has 0 unspecified atom stereocenters. The number of carbonyl (C=O) groups is 1. The molecule has 0 radical (unpaired) electrons. The van der Waals surface area contributed by atoms with Crippen molar-refractivity contribution in [3.05, 3.63) is 72.3 Å². The zero-order chi connectivity index (χ0) is 20.3. The fourth-order valence-corrected chi connectivity index (χ4v) is 5.22. The molecule has 2 aromatic carbocycles. The van der Waals surface area contributed by atoms with Gasteiger partial charge in [-0.15, -0.1) is 0 Å². The van der Waals surface area contributed by atoms with E-state index in [1.165, 1.54) is 9.99 Å². The maximum atomic E-state index is 12.9. The summed E-state index contributed by atoms with van der Waals surface area (Å²) < 4.78 is 26.9. The summed E-state index contributed by atoms with van der Waals surface area (Å²) in [5, 5.41) is 0. The van der Waals surface area contributed by atoms with Gasteiger partial charge in [0.15, 0.2) is 0 Å². The smallest absolute Gasteiger partial charge is 0.249 e. The van der Waals surface area contributed by atoms with Gasteiger partial charge in [-0.25, -0.2) is 8.42 Å². The van der Waals surface area contributed by atoms with Crippen molar-refractivity contribution in [3.8, 4) is 0 Å². The lowest BCUT2D eigenvalue weighted by atomic mass is 10.1. The Morgan fingerprint density at radius 2 is 1.41 bits per heavy atom. The van der Waals surface area contributed by atoms with Crippen LogP contribution >= 0.6 is 0 Å². The predicted octanol–water partition coefficient (Wildman–Crippen LogP) is 2.36. The molecule has 1 fully saturated rings. The minimum Gasteiger partial charge on any atom is -0.368 e. The van der Waals surface area contributed by atoms with Crippen LogP contribution in [-0.4, -0.2) is 62.8 Å². The molecule has 0 aromatic heterocycles. The number of nitrogens with zero attached hydrogens (tertiary/aromatic N) is 3. The van der Waals surface area contributed by atoms with Crippen LogP contribution in [0.25, 0.3) is 0 Å². The Hall–Kier alpha value is -2.64. The molecule has 1 saturated heterocycles. The van der Waals surface area contributed by atoms with E-state index in [-0.39, 0.29) is 12.5 Å². The van der Waals surface area contributed by atoms with Crippen molar-refractivity contribution in [3.63, 3.8) is 0 Å². The number of amides is 1. The molecule has 2 aliphatic heterocycles. The molecule has 2 aromatic rings. The Bertz CT molecular complexity index is 982. The minimum absolute atomic E-state index is 0.0365. The van der Waals surface area contributed by atoms with E-state index in [0.29, 0.717) is 31.0 Å². The van der Waals surface area contributed by atoms with E-state index in [1.807, 2.05) is 23.1 Å². The molecule has 0 bridgehead atoms. The van der Waals surface area contributed by atoms with Gasteiger partial charge in [0, 0.05) is 50.5 Å². The number of carbonyl (C=O) groups excluding carboxylic acids is 1. The lowest BCUT2D eigenvalue weighted by molar-refractivity contribution is -0.127. The highest BCUT2D eigenvalue weighted by atomic mass is 32.2. The van der Waals surface area contributed by atoms with E-state index < -0.39 is 10.0 Å². The summed E-state index contributed by atoms with van der Waals surface area (Å²) in [6.07, 6.45) is 2.22. The number of sulfonamides is 1. The van der Waals surface area contributed by atoms with Crippen LogP contribution in [0.15, 0.2) is 77.2 Å². The largest absolute Gasteiger partial charge is 0.368 e. The van der Waals surface area contributed by atoms with E-state index in [2.05, 4.69) is 17.0 Å². The highest BCUT2D eigenvalue weighted by Crippen LogP contribution is 2.22. The molecule has 0 aliphatic carbocycles. The first-order valence-electron chi connectivity index (χ1n) is 9.89. The second kappa shape index (κ2) is 8.39. The number of piperazine rings is 1. The quantitative estimate of drug-likeness (QED) is 0.775. The lowest BCUT2D eigenvalue weighted by Gasteiger charge is -2.37. The maximum absolute atomic E-state index is 12.9. The van der Waals surface area contributed by atoms with Crippen molar-refractivity contribution in [2.24, 2.45) is 0 Å². The van der Waals surface area contributed by atoms with Gasteiger partial charge in [-0.1, -0.05) is 42.5 Å². The molecule has 0 saturated carbocycles. The SMILES string of the molecule is O=C(C1=CCN(S(=O)(=O)c2ccccc2)CC1)N1CCN(c2ccccc2)CC1. The Morgan fingerprint density at radius 1 is 0.793 bits per heavy atom. The Balaban J connectivity index is 1.36. The van der Waals surface area contributed by atoms with Gasteiger partial charge in [0.05, 0.1) is 4.90 Å². The fourth-order valence-electron chi connectivity index (χ4n) is 3.81. The third-order valence-corrected chi connectivity index (χ3v) is 7.40. The van der Waals surface area contributed by atoms with Gasteiger partial charge in [-0.05, 0) is 30.7 Å². The molecule has 4 rings (SSSR count). The van der Waals surface area contributed by atoms with Gasteiger partial charge in [0.25, 0.3) is 0 Å². The number of anilines is 1. The van der Waals surface area contributed by atoms with Gasteiger partial charge >= 0.3 is 0 Å². The molecule has 1 amide bonds. The van der Waals surface area contributed by atoms with Gasteiger partial charge < -0.3 is 9.80 Å². The van der Waals surface area contributed by atoms with E-state index in [1.54, 1.807) is 36.4 Å². The van der Waals surface area contributed by atoms with Crippen LogP contribution in [0.2, 0.25) is 0 Å². The van der Waals surface area contributed by atoms with Crippen molar-refractivity contribution < 1.29 is 13.2 Å². The van der Waals surface area contributed by atoms with E-state index in [0.717, 1.165) is 18.7 Å². The third-order valence-electron chi connectivity index (χ3n) is 5.52. The Morgan fingerprint density at radius 3 is 2.00 bits per heavy atom. The molecule has 29 heavy (non-hydrogen) atoms. The molecular formula is C22H25N3O3S. The van der Waals surface area contributed by atoms with Gasteiger partial charge in [0.1, 0.15) is 0 Å². The summed E-state index contributed by atoms with van der Waals surface area (Å²) in [5.74, 6) is 0.0365. The average Bonchev–Trinajstić information content (AvgIpc) is 2.80. The van der Waals surface area contributed by atoms with Crippen molar-refractivity contribution in [2.45, 2.75) is 11.3 Å². The molecule has 152 valence electrons. The molecule has 2 aliphatic rings. The summed E-state index contributed by atoms with van der Waals surface area (Å²) in [6, 6.07) is 18.7. The molecule has 6 nitrogen and oxygen atoms in total. The Kier molecular flexibility index (Phi) is 5.69. The zero-order valence-corrected chi connectivity index (χ0v) is 17.1. The number of benzene rings is 2. The zero-order valence-electron chi connectivity index (χ0n) is 16.3. The van der Waals surface area contributed by atoms with Crippen molar-refractivity contribution >= 4 is 21.6 Å².